The van der Waals surface area contributed by atoms with Crippen LogP contribution in [0, 0.1) is 0 Å². The molecule has 1 aliphatic heterocycles. The summed E-state index contributed by atoms with van der Waals surface area (Å²) in [6.45, 7) is 0.377. The molecule has 2 aromatic rings. The molecule has 0 radical (unpaired) electrons. The van der Waals surface area contributed by atoms with Crippen LogP contribution in [0.3, 0.4) is 0 Å². The number of nitrogens with one attached hydrogen (secondary N) is 1. The highest BCUT2D eigenvalue weighted by molar-refractivity contribution is 8.19. The summed E-state index contributed by atoms with van der Waals surface area (Å²) in [7, 11) is 1.61. The van der Waals surface area contributed by atoms with Crippen molar-refractivity contribution in [3.05, 3.63) is 58.6 Å². The largest absolute Gasteiger partial charge is 0.493 e. The molecule has 0 spiro atoms. The number of carbonyl (C=O) groups excluding carboxylic acids is 1. The van der Waals surface area contributed by atoms with Crippen LogP contribution in [-0.4, -0.2) is 31.1 Å². The third kappa shape index (κ3) is 5.25. The van der Waals surface area contributed by atoms with E-state index in [1.165, 1.54) is 17.1 Å². The first-order valence-electron chi connectivity index (χ1n) is 8.21. The van der Waals surface area contributed by atoms with Crippen LogP contribution in [0.5, 0.6) is 11.5 Å². The van der Waals surface area contributed by atoms with Gasteiger partial charge < -0.3 is 14.8 Å². The van der Waals surface area contributed by atoms with E-state index >= 15 is 0 Å². The van der Waals surface area contributed by atoms with E-state index in [0.717, 1.165) is 5.56 Å². The molecule has 1 N–H and O–H groups in total. The number of rotatable bonds is 7. The molecule has 0 atom stereocenters. The molecule has 0 aliphatic carbocycles. The average molecular weight is 410 g/mol. The Balaban J connectivity index is 1.53. The van der Waals surface area contributed by atoms with Gasteiger partial charge in [0.25, 0.3) is 5.91 Å². The number of hydrogen-bond acceptors (Lipinski definition) is 5. The molecule has 138 valence electrons. The Hall–Kier alpha value is -1.50. The Morgan fingerprint density at radius 2 is 1.88 bits per heavy atom. The topological polar surface area (TPSA) is 47.6 Å². The lowest BCUT2D eigenvalue weighted by atomic mass is 10.2. The van der Waals surface area contributed by atoms with Gasteiger partial charge in [-0.15, -0.1) is 23.5 Å². The van der Waals surface area contributed by atoms with Crippen molar-refractivity contribution in [2.75, 3.05) is 25.2 Å². The minimum absolute atomic E-state index is 0.0593. The fraction of sp³-hybridized carbons (Fsp3) is 0.316. The molecule has 2 aromatic carbocycles. The molecule has 1 saturated heterocycles. The Morgan fingerprint density at radius 1 is 1.15 bits per heavy atom. The number of thioether (sulfide) groups is 2. The van der Waals surface area contributed by atoms with Gasteiger partial charge in [0.05, 0.1) is 11.7 Å². The second-order valence-electron chi connectivity index (χ2n) is 5.68. The highest BCUT2D eigenvalue weighted by Crippen LogP contribution is 2.46. The summed E-state index contributed by atoms with van der Waals surface area (Å²) in [5.41, 5.74) is 2.20. The van der Waals surface area contributed by atoms with E-state index in [0.29, 0.717) is 27.6 Å². The van der Waals surface area contributed by atoms with Gasteiger partial charge in [-0.1, -0.05) is 29.8 Å². The molecule has 0 saturated carbocycles. The fourth-order valence-corrected chi connectivity index (χ4v) is 5.46. The van der Waals surface area contributed by atoms with E-state index in [4.69, 9.17) is 21.1 Å². The van der Waals surface area contributed by atoms with Gasteiger partial charge in [0, 0.05) is 23.1 Å². The Morgan fingerprint density at radius 3 is 2.58 bits per heavy atom. The number of ether oxygens (including phenoxy) is 2. The minimum Gasteiger partial charge on any atom is -0.493 e. The van der Waals surface area contributed by atoms with Crippen LogP contribution < -0.4 is 14.8 Å². The molecule has 26 heavy (non-hydrogen) atoms. The number of halogens is 1. The zero-order chi connectivity index (χ0) is 18.4. The fourth-order valence-electron chi connectivity index (χ4n) is 2.50. The van der Waals surface area contributed by atoms with E-state index in [1.807, 2.05) is 53.9 Å². The maximum absolute atomic E-state index is 12.0. The van der Waals surface area contributed by atoms with E-state index in [9.17, 15) is 4.79 Å². The molecule has 1 amide bonds. The minimum atomic E-state index is -0.187. The number of amides is 1. The number of benzene rings is 2. The van der Waals surface area contributed by atoms with Crippen molar-refractivity contribution in [1.82, 2.24) is 5.32 Å². The van der Waals surface area contributed by atoms with Crippen LogP contribution in [0.1, 0.15) is 15.7 Å². The van der Waals surface area contributed by atoms with Gasteiger partial charge in [-0.25, -0.2) is 0 Å². The molecule has 0 bridgehead atoms. The SMILES string of the molecule is COc1cc(C2SCCS2)ccc1OCC(=O)NCc1ccc(Cl)cc1. The van der Waals surface area contributed by atoms with Gasteiger partial charge in [-0.05, 0) is 35.4 Å². The lowest BCUT2D eigenvalue weighted by Gasteiger charge is -2.14. The molecule has 0 unspecified atom stereocenters. The van der Waals surface area contributed by atoms with Crippen molar-refractivity contribution in [1.29, 1.82) is 0 Å². The predicted molar refractivity (Wildman–Crippen MR) is 109 cm³/mol. The molecule has 4 nitrogen and oxygen atoms in total. The summed E-state index contributed by atoms with van der Waals surface area (Å²) in [6.07, 6.45) is 0. The highest BCUT2D eigenvalue weighted by Gasteiger charge is 2.20. The van der Waals surface area contributed by atoms with Crippen LogP contribution >= 0.6 is 35.1 Å². The van der Waals surface area contributed by atoms with Gasteiger partial charge >= 0.3 is 0 Å². The molecular formula is C19H20ClNO3S2. The zero-order valence-corrected chi connectivity index (χ0v) is 16.8. The third-order valence-corrected chi connectivity index (χ3v) is 7.20. The van der Waals surface area contributed by atoms with Crippen molar-refractivity contribution in [2.45, 2.75) is 11.1 Å². The summed E-state index contributed by atoms with van der Waals surface area (Å²) >= 11 is 9.73. The molecule has 7 heteroatoms. The summed E-state index contributed by atoms with van der Waals surface area (Å²) in [5, 5.41) is 3.50. The Bertz CT molecular complexity index is 749. The quantitative estimate of drug-likeness (QED) is 0.728. The maximum atomic E-state index is 12.0. The van der Waals surface area contributed by atoms with Gasteiger partial charge in [-0.2, -0.15) is 0 Å². The van der Waals surface area contributed by atoms with Crippen LogP contribution in [-0.2, 0) is 11.3 Å². The molecule has 1 aliphatic rings. The highest BCUT2D eigenvalue weighted by atomic mass is 35.5. The predicted octanol–water partition coefficient (Wildman–Crippen LogP) is 4.52. The molecule has 1 heterocycles. The van der Waals surface area contributed by atoms with E-state index in [1.54, 1.807) is 19.2 Å². The summed E-state index contributed by atoms with van der Waals surface area (Å²) in [6, 6.07) is 13.3. The van der Waals surface area contributed by atoms with Crippen molar-refractivity contribution >= 4 is 41.0 Å². The first kappa shape index (κ1) is 19.3. The smallest absolute Gasteiger partial charge is 0.258 e. The second-order valence-corrected chi connectivity index (χ2v) is 8.84. The summed E-state index contributed by atoms with van der Waals surface area (Å²) in [4.78, 5) is 12.0. The average Bonchev–Trinajstić information content (AvgIpc) is 3.20. The monoisotopic (exact) mass is 409 g/mol. The Labute approximate surface area is 167 Å². The van der Waals surface area contributed by atoms with Gasteiger partial charge in [0.2, 0.25) is 0 Å². The van der Waals surface area contributed by atoms with Gasteiger partial charge in [0.1, 0.15) is 0 Å². The standard InChI is InChI=1S/C19H20ClNO3S2/c1-23-17-10-14(19-25-8-9-26-19)4-7-16(17)24-12-18(22)21-11-13-2-5-15(20)6-3-13/h2-7,10,19H,8-9,11-12H2,1H3,(H,21,22). The lowest BCUT2D eigenvalue weighted by Crippen LogP contribution is -2.28. The van der Waals surface area contributed by atoms with Crippen LogP contribution in [0.15, 0.2) is 42.5 Å². The first-order chi connectivity index (χ1) is 12.7. The number of hydrogen-bond donors (Lipinski definition) is 1. The number of methoxy groups -OCH3 is 1. The number of carbonyl (C=O) groups is 1. The molecule has 1 fully saturated rings. The van der Waals surface area contributed by atoms with Gasteiger partial charge in [-0.3, -0.25) is 4.79 Å². The van der Waals surface area contributed by atoms with Crippen molar-refractivity contribution in [2.24, 2.45) is 0 Å². The van der Waals surface area contributed by atoms with Crippen LogP contribution in [0.25, 0.3) is 0 Å². The normalized spacial score (nSPS) is 14.2. The lowest BCUT2D eigenvalue weighted by molar-refractivity contribution is -0.123. The molecular weight excluding hydrogens is 390 g/mol. The maximum Gasteiger partial charge on any atom is 0.258 e. The van der Waals surface area contributed by atoms with Crippen molar-refractivity contribution < 1.29 is 14.3 Å². The van der Waals surface area contributed by atoms with Gasteiger partial charge in [0.15, 0.2) is 18.1 Å². The summed E-state index contributed by atoms with van der Waals surface area (Å²) in [5.74, 6) is 3.38. The van der Waals surface area contributed by atoms with E-state index in [2.05, 4.69) is 5.32 Å². The van der Waals surface area contributed by atoms with Crippen molar-refractivity contribution in [3.8, 4) is 11.5 Å². The zero-order valence-electron chi connectivity index (χ0n) is 14.4. The second kappa shape index (κ2) is 9.44. The molecule has 0 aromatic heterocycles. The van der Waals surface area contributed by atoms with E-state index < -0.39 is 0 Å². The summed E-state index contributed by atoms with van der Waals surface area (Å²) < 4.78 is 11.5. The van der Waals surface area contributed by atoms with Crippen LogP contribution in [0.4, 0.5) is 0 Å². The Kier molecular flexibility index (Phi) is 7.00. The third-order valence-electron chi connectivity index (χ3n) is 3.84. The molecule has 3 rings (SSSR count). The first-order valence-corrected chi connectivity index (χ1v) is 10.7. The van der Waals surface area contributed by atoms with Crippen molar-refractivity contribution in [3.63, 3.8) is 0 Å². The van der Waals surface area contributed by atoms with E-state index in [-0.39, 0.29) is 12.5 Å². The van der Waals surface area contributed by atoms with Crippen LogP contribution in [0.2, 0.25) is 5.02 Å².